The second kappa shape index (κ2) is 2.75. The molecule has 3 heteroatoms. The summed E-state index contributed by atoms with van der Waals surface area (Å²) in [5.41, 5.74) is 4.78. The monoisotopic (exact) mass is 169 g/mol. The van der Waals surface area contributed by atoms with Crippen LogP contribution in [0.1, 0.15) is 19.4 Å². The lowest BCUT2D eigenvalue weighted by Crippen LogP contribution is -2.18. The first-order chi connectivity index (χ1) is 5.43. The van der Waals surface area contributed by atoms with Crippen molar-refractivity contribution < 1.29 is 9.50 Å². The number of hydrogen-bond donors (Lipinski definition) is 2. The van der Waals surface area contributed by atoms with Crippen molar-refractivity contribution in [1.82, 2.24) is 0 Å². The van der Waals surface area contributed by atoms with Crippen molar-refractivity contribution in [3.05, 3.63) is 29.6 Å². The summed E-state index contributed by atoms with van der Waals surface area (Å²) < 4.78 is 12.9. The van der Waals surface area contributed by atoms with Gasteiger partial charge >= 0.3 is 0 Å². The highest BCUT2D eigenvalue weighted by molar-refractivity contribution is 5.50. The van der Waals surface area contributed by atoms with Crippen molar-refractivity contribution in [2.24, 2.45) is 0 Å². The van der Waals surface area contributed by atoms with Gasteiger partial charge in [0.1, 0.15) is 5.82 Å². The van der Waals surface area contributed by atoms with E-state index >= 15 is 0 Å². The largest absolute Gasteiger partial charge is 0.396 e. The lowest BCUT2D eigenvalue weighted by Gasteiger charge is -2.19. The fourth-order valence-corrected chi connectivity index (χ4v) is 1.07. The maximum atomic E-state index is 12.9. The van der Waals surface area contributed by atoms with Gasteiger partial charge in [0.05, 0.1) is 11.3 Å². The van der Waals surface area contributed by atoms with Gasteiger partial charge in [-0.05, 0) is 19.9 Å². The fraction of sp³-hybridized carbons (Fsp3) is 0.333. The van der Waals surface area contributed by atoms with Crippen LogP contribution in [0.3, 0.4) is 0 Å². The predicted molar refractivity (Wildman–Crippen MR) is 46.1 cm³/mol. The van der Waals surface area contributed by atoms with Gasteiger partial charge in [0.25, 0.3) is 0 Å². The molecule has 0 aliphatic heterocycles. The molecule has 0 bridgehead atoms. The summed E-state index contributed by atoms with van der Waals surface area (Å²) in [6.07, 6.45) is 0. The molecule has 0 spiro atoms. The Hall–Kier alpha value is -1.09. The maximum Gasteiger partial charge on any atom is 0.146 e. The van der Waals surface area contributed by atoms with Crippen molar-refractivity contribution >= 4 is 5.69 Å². The number of para-hydroxylation sites is 1. The van der Waals surface area contributed by atoms with E-state index in [9.17, 15) is 9.50 Å². The second-order valence-electron chi connectivity index (χ2n) is 3.26. The summed E-state index contributed by atoms with van der Waals surface area (Å²) in [4.78, 5) is 0. The van der Waals surface area contributed by atoms with Gasteiger partial charge in [0, 0.05) is 5.56 Å². The number of nitrogens with two attached hydrogens (primary N) is 1. The van der Waals surface area contributed by atoms with Crippen LogP contribution in [0.4, 0.5) is 10.1 Å². The number of benzene rings is 1. The highest BCUT2D eigenvalue weighted by atomic mass is 19.1. The standard InChI is InChI=1S/C9H12FNO/c1-9(2,12)6-4-3-5-7(10)8(6)11/h3-5,12H,11H2,1-2H3. The third-order valence-corrected chi connectivity index (χ3v) is 1.71. The number of nitrogen functional groups attached to an aromatic ring is 1. The van der Waals surface area contributed by atoms with Gasteiger partial charge < -0.3 is 10.8 Å². The molecule has 0 saturated heterocycles. The zero-order valence-corrected chi connectivity index (χ0v) is 7.13. The van der Waals surface area contributed by atoms with E-state index in [1.54, 1.807) is 19.9 Å². The van der Waals surface area contributed by atoms with Crippen LogP contribution in [0, 0.1) is 5.82 Å². The molecule has 0 unspecified atom stereocenters. The SMILES string of the molecule is CC(C)(O)c1cccc(F)c1N. The Morgan fingerprint density at radius 3 is 2.42 bits per heavy atom. The van der Waals surface area contributed by atoms with Gasteiger partial charge in [-0.2, -0.15) is 0 Å². The van der Waals surface area contributed by atoms with Gasteiger partial charge in [-0.1, -0.05) is 12.1 Å². The van der Waals surface area contributed by atoms with E-state index in [1.165, 1.54) is 12.1 Å². The Kier molecular flexibility index (Phi) is 2.06. The minimum atomic E-state index is -1.09. The third kappa shape index (κ3) is 1.56. The molecule has 0 amide bonds. The highest BCUT2D eigenvalue weighted by Crippen LogP contribution is 2.26. The molecule has 1 rings (SSSR count). The topological polar surface area (TPSA) is 46.2 Å². The molecule has 1 aromatic rings. The summed E-state index contributed by atoms with van der Waals surface area (Å²) >= 11 is 0. The fourth-order valence-electron chi connectivity index (χ4n) is 1.07. The Labute approximate surface area is 70.8 Å². The van der Waals surface area contributed by atoms with Crippen molar-refractivity contribution in [2.45, 2.75) is 19.4 Å². The average molecular weight is 169 g/mol. The zero-order valence-electron chi connectivity index (χ0n) is 7.13. The molecule has 1 aromatic carbocycles. The summed E-state index contributed by atoms with van der Waals surface area (Å²) in [7, 11) is 0. The number of aliphatic hydroxyl groups is 1. The van der Waals surface area contributed by atoms with Crippen LogP contribution in [0.15, 0.2) is 18.2 Å². The van der Waals surface area contributed by atoms with E-state index in [1.807, 2.05) is 0 Å². The molecule has 12 heavy (non-hydrogen) atoms. The van der Waals surface area contributed by atoms with Crippen LogP contribution in [0.5, 0.6) is 0 Å². The van der Waals surface area contributed by atoms with E-state index in [4.69, 9.17) is 5.73 Å². The second-order valence-corrected chi connectivity index (χ2v) is 3.26. The smallest absolute Gasteiger partial charge is 0.146 e. The van der Waals surface area contributed by atoms with Crippen molar-refractivity contribution in [3.8, 4) is 0 Å². The summed E-state index contributed by atoms with van der Waals surface area (Å²) in [6.45, 7) is 3.14. The highest BCUT2D eigenvalue weighted by Gasteiger charge is 2.20. The molecule has 66 valence electrons. The van der Waals surface area contributed by atoms with Gasteiger partial charge in [0.15, 0.2) is 0 Å². The molecular formula is C9H12FNO. The van der Waals surface area contributed by atoms with Crippen LogP contribution >= 0.6 is 0 Å². The van der Waals surface area contributed by atoms with E-state index in [-0.39, 0.29) is 5.69 Å². The number of hydrogen-bond acceptors (Lipinski definition) is 2. The van der Waals surface area contributed by atoms with E-state index < -0.39 is 11.4 Å². The van der Waals surface area contributed by atoms with Gasteiger partial charge in [-0.3, -0.25) is 0 Å². The van der Waals surface area contributed by atoms with E-state index in [2.05, 4.69) is 0 Å². The quantitative estimate of drug-likeness (QED) is 0.628. The Morgan fingerprint density at radius 2 is 2.00 bits per heavy atom. The minimum Gasteiger partial charge on any atom is -0.396 e. The molecule has 2 nitrogen and oxygen atoms in total. The summed E-state index contributed by atoms with van der Waals surface area (Å²) in [5.74, 6) is -0.491. The number of halogens is 1. The normalized spacial score (nSPS) is 11.7. The van der Waals surface area contributed by atoms with Gasteiger partial charge in [0.2, 0.25) is 0 Å². The summed E-state index contributed by atoms with van der Waals surface area (Å²) in [6, 6.07) is 4.40. The van der Waals surface area contributed by atoms with Crippen molar-refractivity contribution in [1.29, 1.82) is 0 Å². The molecular weight excluding hydrogens is 157 g/mol. The van der Waals surface area contributed by atoms with E-state index in [0.29, 0.717) is 5.56 Å². The van der Waals surface area contributed by atoms with Gasteiger partial charge in [-0.15, -0.1) is 0 Å². The molecule has 0 aromatic heterocycles. The molecule has 0 aliphatic rings. The first-order valence-corrected chi connectivity index (χ1v) is 3.70. The maximum absolute atomic E-state index is 12.9. The summed E-state index contributed by atoms with van der Waals surface area (Å²) in [5, 5.41) is 9.55. The first-order valence-electron chi connectivity index (χ1n) is 3.70. The van der Waals surface area contributed by atoms with Gasteiger partial charge in [-0.25, -0.2) is 4.39 Å². The zero-order chi connectivity index (χ0) is 9.35. The molecule has 0 fully saturated rings. The molecule has 0 radical (unpaired) electrons. The van der Waals surface area contributed by atoms with Crippen LogP contribution in [0.25, 0.3) is 0 Å². The molecule has 3 N–H and O–H groups in total. The Balaban J connectivity index is 3.26. The first kappa shape index (κ1) is 9.00. The van der Waals surface area contributed by atoms with Crippen LogP contribution in [-0.4, -0.2) is 5.11 Å². The third-order valence-electron chi connectivity index (χ3n) is 1.71. The lowest BCUT2D eigenvalue weighted by atomic mass is 9.96. The lowest BCUT2D eigenvalue weighted by molar-refractivity contribution is 0.0791. The van der Waals surface area contributed by atoms with Crippen LogP contribution < -0.4 is 5.73 Å². The van der Waals surface area contributed by atoms with Crippen LogP contribution in [0.2, 0.25) is 0 Å². The number of rotatable bonds is 1. The molecule has 0 heterocycles. The number of anilines is 1. The predicted octanol–water partition coefficient (Wildman–Crippen LogP) is 1.64. The molecule has 0 aliphatic carbocycles. The Morgan fingerprint density at radius 1 is 1.42 bits per heavy atom. The van der Waals surface area contributed by atoms with Crippen molar-refractivity contribution in [3.63, 3.8) is 0 Å². The Bertz CT molecular complexity index is 291. The van der Waals surface area contributed by atoms with Crippen LogP contribution in [-0.2, 0) is 5.60 Å². The van der Waals surface area contributed by atoms with Crippen molar-refractivity contribution in [2.75, 3.05) is 5.73 Å². The molecule has 0 atom stereocenters. The van der Waals surface area contributed by atoms with E-state index in [0.717, 1.165) is 0 Å². The molecule has 0 saturated carbocycles. The minimum absolute atomic E-state index is 0.0185. The average Bonchev–Trinajstić information content (AvgIpc) is 1.92.